The summed E-state index contributed by atoms with van der Waals surface area (Å²) in [4.78, 5) is 10.1. The first-order valence-electron chi connectivity index (χ1n) is 5.07. The molecule has 0 unspecified atom stereocenters. The van der Waals surface area contributed by atoms with Gasteiger partial charge >= 0.3 is 5.69 Å². The molecule has 1 aliphatic rings. The first kappa shape index (κ1) is 11.7. The molecule has 1 heterocycles. The predicted molar refractivity (Wildman–Crippen MR) is 56.3 cm³/mol. The molecule has 0 aromatic heterocycles. The molecule has 2 atom stereocenters. The lowest BCUT2D eigenvalue weighted by atomic mass is 10.2. The zero-order valence-corrected chi connectivity index (χ0v) is 8.80. The van der Waals surface area contributed by atoms with E-state index in [9.17, 15) is 19.6 Å². The molecule has 0 aliphatic carbocycles. The molecule has 17 heavy (non-hydrogen) atoms. The van der Waals surface area contributed by atoms with Crippen molar-refractivity contribution in [1.82, 2.24) is 5.32 Å². The summed E-state index contributed by atoms with van der Waals surface area (Å²) in [7, 11) is 0. The Kier molecular flexibility index (Phi) is 3.21. The fourth-order valence-electron chi connectivity index (χ4n) is 1.66. The third-order valence-electron chi connectivity index (χ3n) is 2.53. The van der Waals surface area contributed by atoms with E-state index in [-0.39, 0.29) is 11.4 Å². The van der Waals surface area contributed by atoms with Gasteiger partial charge in [0.1, 0.15) is 18.0 Å². The van der Waals surface area contributed by atoms with Gasteiger partial charge in [0, 0.05) is 25.2 Å². The highest BCUT2D eigenvalue weighted by Gasteiger charge is 2.29. The number of aliphatic hydroxyl groups excluding tert-OH is 1. The van der Waals surface area contributed by atoms with Crippen molar-refractivity contribution >= 4 is 5.69 Å². The number of β-amino-alcohol motifs (C(OH)–C–C–N with tert-alkyl or cyclic N) is 1. The summed E-state index contributed by atoms with van der Waals surface area (Å²) in [6.07, 6.45) is -1.35. The quantitative estimate of drug-likeness (QED) is 0.593. The molecule has 1 fully saturated rings. The van der Waals surface area contributed by atoms with Gasteiger partial charge in [-0.15, -0.1) is 0 Å². The average molecular weight is 242 g/mol. The summed E-state index contributed by atoms with van der Waals surface area (Å²) in [6.45, 7) is 0.725. The van der Waals surface area contributed by atoms with E-state index < -0.39 is 22.9 Å². The van der Waals surface area contributed by atoms with Crippen LogP contribution in [0.4, 0.5) is 10.1 Å². The van der Waals surface area contributed by atoms with Crippen molar-refractivity contribution in [3.8, 4) is 5.75 Å². The first-order chi connectivity index (χ1) is 8.08. The maximum atomic E-state index is 13.0. The molecule has 1 saturated heterocycles. The number of nitro groups is 1. The highest BCUT2D eigenvalue weighted by molar-refractivity contribution is 5.46. The highest BCUT2D eigenvalue weighted by Crippen LogP contribution is 2.29. The Morgan fingerprint density at radius 2 is 2.29 bits per heavy atom. The smallest absolute Gasteiger partial charge is 0.311 e. The van der Waals surface area contributed by atoms with E-state index in [0.29, 0.717) is 13.1 Å². The molecule has 0 saturated carbocycles. The van der Waals surface area contributed by atoms with Gasteiger partial charge in [-0.25, -0.2) is 4.39 Å². The second-order valence-electron chi connectivity index (χ2n) is 3.75. The fraction of sp³-hybridized carbons (Fsp3) is 0.400. The largest absolute Gasteiger partial charge is 0.479 e. The second kappa shape index (κ2) is 4.64. The Morgan fingerprint density at radius 3 is 2.88 bits per heavy atom. The van der Waals surface area contributed by atoms with Crippen LogP contribution in [0.15, 0.2) is 18.2 Å². The van der Waals surface area contributed by atoms with Crippen molar-refractivity contribution in [2.75, 3.05) is 13.1 Å². The SMILES string of the molecule is O=[N+]([O-])c1ccc(F)cc1O[C@H]1CNC[C@@H]1O. The van der Waals surface area contributed by atoms with Crippen LogP contribution >= 0.6 is 0 Å². The van der Waals surface area contributed by atoms with Gasteiger partial charge in [0.25, 0.3) is 0 Å². The van der Waals surface area contributed by atoms with Crippen molar-refractivity contribution in [1.29, 1.82) is 0 Å². The Morgan fingerprint density at radius 1 is 1.53 bits per heavy atom. The number of halogens is 1. The van der Waals surface area contributed by atoms with Gasteiger partial charge < -0.3 is 15.2 Å². The van der Waals surface area contributed by atoms with Crippen LogP contribution in [0.3, 0.4) is 0 Å². The summed E-state index contributed by atoms with van der Waals surface area (Å²) < 4.78 is 18.3. The molecule has 2 rings (SSSR count). The molecule has 7 heteroatoms. The van der Waals surface area contributed by atoms with Crippen LogP contribution in [0.5, 0.6) is 5.75 Å². The van der Waals surface area contributed by atoms with Crippen molar-refractivity contribution in [3.63, 3.8) is 0 Å². The molecular weight excluding hydrogens is 231 g/mol. The van der Waals surface area contributed by atoms with Gasteiger partial charge in [-0.3, -0.25) is 10.1 Å². The molecule has 1 aliphatic heterocycles. The molecule has 1 aromatic rings. The van der Waals surface area contributed by atoms with Crippen LogP contribution in [-0.2, 0) is 0 Å². The van der Waals surface area contributed by atoms with Gasteiger partial charge in [-0.1, -0.05) is 0 Å². The van der Waals surface area contributed by atoms with Crippen LogP contribution in [-0.4, -0.2) is 35.3 Å². The number of nitro benzene ring substituents is 1. The number of hydrogen-bond donors (Lipinski definition) is 2. The lowest BCUT2D eigenvalue weighted by Crippen LogP contribution is -2.30. The van der Waals surface area contributed by atoms with Crippen LogP contribution in [0.2, 0.25) is 0 Å². The number of hydrogen-bond acceptors (Lipinski definition) is 5. The van der Waals surface area contributed by atoms with E-state index in [4.69, 9.17) is 4.74 Å². The minimum Gasteiger partial charge on any atom is -0.479 e. The summed E-state index contributed by atoms with van der Waals surface area (Å²) >= 11 is 0. The Labute approximate surface area is 96.2 Å². The maximum absolute atomic E-state index is 13.0. The monoisotopic (exact) mass is 242 g/mol. The topological polar surface area (TPSA) is 84.6 Å². The minimum absolute atomic E-state index is 0.164. The lowest BCUT2D eigenvalue weighted by molar-refractivity contribution is -0.386. The van der Waals surface area contributed by atoms with Crippen molar-refractivity contribution in [2.45, 2.75) is 12.2 Å². The van der Waals surface area contributed by atoms with Crippen LogP contribution in [0, 0.1) is 15.9 Å². The van der Waals surface area contributed by atoms with Crippen LogP contribution in [0.1, 0.15) is 0 Å². The van der Waals surface area contributed by atoms with E-state index in [2.05, 4.69) is 5.32 Å². The number of rotatable bonds is 3. The summed E-state index contributed by atoms with van der Waals surface area (Å²) in [5.41, 5.74) is -0.314. The predicted octanol–water partition coefficient (Wildman–Crippen LogP) is 0.445. The van der Waals surface area contributed by atoms with E-state index in [1.165, 1.54) is 0 Å². The number of aliphatic hydroxyl groups is 1. The Hall–Kier alpha value is -1.73. The van der Waals surface area contributed by atoms with Gasteiger partial charge in [0.05, 0.1) is 4.92 Å². The van der Waals surface area contributed by atoms with E-state index >= 15 is 0 Å². The number of nitrogens with zero attached hydrogens (tertiary/aromatic N) is 1. The Bertz CT molecular complexity index is 440. The molecule has 0 radical (unpaired) electrons. The molecule has 0 spiro atoms. The fourth-order valence-corrected chi connectivity index (χ4v) is 1.66. The molecule has 2 N–H and O–H groups in total. The van der Waals surface area contributed by atoms with E-state index in [1.807, 2.05) is 0 Å². The molecule has 92 valence electrons. The first-order valence-corrected chi connectivity index (χ1v) is 5.07. The van der Waals surface area contributed by atoms with Gasteiger partial charge in [-0.05, 0) is 6.07 Å². The summed E-state index contributed by atoms with van der Waals surface area (Å²) in [6, 6.07) is 2.98. The average Bonchev–Trinajstić information content (AvgIpc) is 2.64. The van der Waals surface area contributed by atoms with E-state index in [0.717, 1.165) is 18.2 Å². The molecule has 1 aromatic carbocycles. The number of ether oxygens (including phenoxy) is 1. The summed E-state index contributed by atoms with van der Waals surface area (Å²) in [5, 5.41) is 23.1. The zero-order chi connectivity index (χ0) is 12.4. The third kappa shape index (κ3) is 2.51. The van der Waals surface area contributed by atoms with E-state index in [1.54, 1.807) is 0 Å². The maximum Gasteiger partial charge on any atom is 0.311 e. The summed E-state index contributed by atoms with van der Waals surface area (Å²) in [5.74, 6) is -0.784. The second-order valence-corrected chi connectivity index (χ2v) is 3.75. The lowest BCUT2D eigenvalue weighted by Gasteiger charge is -2.15. The highest BCUT2D eigenvalue weighted by atomic mass is 19.1. The van der Waals surface area contributed by atoms with Gasteiger partial charge in [0.15, 0.2) is 5.75 Å². The molecule has 0 amide bonds. The van der Waals surface area contributed by atoms with Gasteiger partial charge in [-0.2, -0.15) is 0 Å². The minimum atomic E-state index is -0.752. The third-order valence-corrected chi connectivity index (χ3v) is 2.53. The molecule has 6 nitrogen and oxygen atoms in total. The standard InChI is InChI=1S/C10H11FN2O4/c11-6-1-2-7(13(15)16)9(3-6)17-10-5-12-4-8(10)14/h1-3,8,10,12,14H,4-5H2/t8-,10-/m0/s1. The van der Waals surface area contributed by atoms with Crippen molar-refractivity contribution in [3.05, 3.63) is 34.1 Å². The van der Waals surface area contributed by atoms with Crippen molar-refractivity contribution in [2.24, 2.45) is 0 Å². The van der Waals surface area contributed by atoms with Gasteiger partial charge in [0.2, 0.25) is 0 Å². The normalized spacial score (nSPS) is 23.6. The Balaban J connectivity index is 2.24. The number of benzene rings is 1. The molecular formula is C10H11FN2O4. The zero-order valence-electron chi connectivity index (χ0n) is 8.80. The van der Waals surface area contributed by atoms with Crippen molar-refractivity contribution < 1.29 is 19.2 Å². The molecule has 0 bridgehead atoms. The van der Waals surface area contributed by atoms with Crippen LogP contribution in [0.25, 0.3) is 0 Å². The van der Waals surface area contributed by atoms with Crippen LogP contribution < -0.4 is 10.1 Å². The number of nitrogens with one attached hydrogen (secondary N) is 1.